The molecule has 3 rings (SSSR count). The third-order valence-corrected chi connectivity index (χ3v) is 5.53. The van der Waals surface area contributed by atoms with E-state index in [1.54, 1.807) is 0 Å². The summed E-state index contributed by atoms with van der Waals surface area (Å²) in [5.41, 5.74) is 3.47. The van der Waals surface area contributed by atoms with E-state index >= 15 is 0 Å². The Balaban J connectivity index is 1.65. The summed E-state index contributed by atoms with van der Waals surface area (Å²) >= 11 is 1.53. The summed E-state index contributed by atoms with van der Waals surface area (Å²) in [7, 11) is 0. The van der Waals surface area contributed by atoms with Crippen molar-refractivity contribution in [3.05, 3.63) is 21.4 Å². The molecule has 2 aliphatic heterocycles. The molecule has 1 aromatic heterocycles. The molecule has 3 N–H and O–H groups in total. The molecule has 2 aliphatic rings. The van der Waals surface area contributed by atoms with Crippen molar-refractivity contribution >= 4 is 17.2 Å². The van der Waals surface area contributed by atoms with Gasteiger partial charge in [0.25, 0.3) is 5.91 Å². The minimum atomic E-state index is -0.190. The van der Waals surface area contributed by atoms with Crippen molar-refractivity contribution in [3.8, 4) is 0 Å². The number of nitrogens with two attached hydrogens (primary N) is 1. The number of aryl methyl sites for hydroxylation is 1. The second-order valence-electron chi connectivity index (χ2n) is 5.73. The van der Waals surface area contributed by atoms with Gasteiger partial charge in [-0.15, -0.1) is 11.3 Å². The van der Waals surface area contributed by atoms with Gasteiger partial charge in [-0.2, -0.15) is 0 Å². The summed E-state index contributed by atoms with van der Waals surface area (Å²) in [6.07, 6.45) is 2.68. The van der Waals surface area contributed by atoms with Gasteiger partial charge >= 0.3 is 0 Å². The van der Waals surface area contributed by atoms with Crippen LogP contribution < -0.4 is 11.3 Å². The zero-order chi connectivity index (χ0) is 14.1. The fraction of sp³-hybridized carbons (Fsp3) is 0.643. The average molecular weight is 294 g/mol. The molecule has 0 bridgehead atoms. The molecule has 3 heterocycles. The summed E-state index contributed by atoms with van der Waals surface area (Å²) < 4.78 is 0. The van der Waals surface area contributed by atoms with E-state index in [1.165, 1.54) is 47.7 Å². The molecule has 0 aromatic carbocycles. The number of thiophene rings is 1. The Morgan fingerprint density at radius 2 is 2.35 bits per heavy atom. The van der Waals surface area contributed by atoms with Crippen molar-refractivity contribution in [1.82, 2.24) is 15.2 Å². The van der Waals surface area contributed by atoms with Crippen molar-refractivity contribution in [2.45, 2.75) is 32.4 Å². The minimum Gasteiger partial charge on any atom is -0.298 e. The van der Waals surface area contributed by atoms with Crippen LogP contribution >= 0.6 is 11.3 Å². The molecular weight excluding hydrogens is 272 g/mol. The molecular formula is C14H22N4OS. The van der Waals surface area contributed by atoms with E-state index in [4.69, 9.17) is 5.84 Å². The van der Waals surface area contributed by atoms with Crippen LogP contribution in [-0.4, -0.2) is 47.9 Å². The predicted octanol–water partition coefficient (Wildman–Crippen LogP) is 0.940. The first-order chi connectivity index (χ1) is 9.67. The number of hydrogen-bond donors (Lipinski definition) is 2. The predicted molar refractivity (Wildman–Crippen MR) is 80.6 cm³/mol. The Morgan fingerprint density at radius 1 is 1.50 bits per heavy atom. The molecule has 2 saturated heterocycles. The van der Waals surface area contributed by atoms with Crippen LogP contribution in [-0.2, 0) is 6.54 Å². The van der Waals surface area contributed by atoms with Crippen LogP contribution in [0, 0.1) is 6.92 Å². The lowest BCUT2D eigenvalue weighted by atomic mass is 10.1. The lowest BCUT2D eigenvalue weighted by Gasteiger charge is -2.37. The third kappa shape index (κ3) is 2.74. The van der Waals surface area contributed by atoms with Crippen molar-refractivity contribution in [2.75, 3.05) is 26.2 Å². The molecule has 0 radical (unpaired) electrons. The van der Waals surface area contributed by atoms with E-state index in [1.807, 2.05) is 6.07 Å². The fourth-order valence-electron chi connectivity index (χ4n) is 3.30. The average Bonchev–Trinajstić information content (AvgIpc) is 3.05. The minimum absolute atomic E-state index is 0.190. The lowest BCUT2D eigenvalue weighted by molar-refractivity contribution is 0.0955. The second-order valence-corrected chi connectivity index (χ2v) is 6.99. The van der Waals surface area contributed by atoms with E-state index in [-0.39, 0.29) is 5.91 Å². The largest absolute Gasteiger partial charge is 0.298 e. The summed E-state index contributed by atoms with van der Waals surface area (Å²) in [4.78, 5) is 18.6. The zero-order valence-corrected chi connectivity index (χ0v) is 12.7. The maximum Gasteiger partial charge on any atom is 0.275 e. The van der Waals surface area contributed by atoms with Crippen LogP contribution in [0.4, 0.5) is 0 Å². The number of carbonyl (C=O) groups is 1. The Bertz CT molecular complexity index is 501. The summed E-state index contributed by atoms with van der Waals surface area (Å²) in [5, 5.41) is 0. The first-order valence-electron chi connectivity index (χ1n) is 7.24. The molecule has 1 aromatic rings. The van der Waals surface area contributed by atoms with E-state index in [2.05, 4.69) is 22.1 Å². The number of nitrogens with zero attached hydrogens (tertiary/aromatic N) is 2. The van der Waals surface area contributed by atoms with Gasteiger partial charge in [0.15, 0.2) is 0 Å². The van der Waals surface area contributed by atoms with E-state index in [0.717, 1.165) is 25.7 Å². The number of fused-ring (bicyclic) bond motifs is 1. The maximum absolute atomic E-state index is 11.6. The Morgan fingerprint density at radius 3 is 3.15 bits per heavy atom. The monoisotopic (exact) mass is 294 g/mol. The Kier molecular flexibility index (Phi) is 4.07. The van der Waals surface area contributed by atoms with Gasteiger partial charge in [0.2, 0.25) is 0 Å². The first-order valence-corrected chi connectivity index (χ1v) is 8.05. The number of hydrogen-bond acceptors (Lipinski definition) is 5. The van der Waals surface area contributed by atoms with Crippen molar-refractivity contribution in [3.63, 3.8) is 0 Å². The van der Waals surface area contributed by atoms with Gasteiger partial charge in [-0.05, 0) is 37.9 Å². The number of nitrogen functional groups attached to an aromatic ring is 1. The second kappa shape index (κ2) is 5.81. The SMILES string of the molecule is Cc1sc(C(=O)NN)cc1CN1CCN2CCCC2C1. The molecule has 110 valence electrons. The van der Waals surface area contributed by atoms with Crippen LogP contribution in [0.2, 0.25) is 0 Å². The quantitative estimate of drug-likeness (QED) is 0.495. The molecule has 20 heavy (non-hydrogen) atoms. The van der Waals surface area contributed by atoms with Gasteiger partial charge in [-0.25, -0.2) is 5.84 Å². The van der Waals surface area contributed by atoms with Gasteiger partial charge in [0, 0.05) is 37.1 Å². The van der Waals surface area contributed by atoms with Gasteiger partial charge in [-0.3, -0.25) is 20.0 Å². The molecule has 2 fully saturated rings. The summed E-state index contributed by atoms with van der Waals surface area (Å²) in [6.45, 7) is 7.78. The van der Waals surface area contributed by atoms with Crippen LogP contribution in [0.15, 0.2) is 6.07 Å². The Labute approximate surface area is 123 Å². The van der Waals surface area contributed by atoms with E-state index in [9.17, 15) is 4.79 Å². The smallest absolute Gasteiger partial charge is 0.275 e. The Hall–Kier alpha value is -0.950. The van der Waals surface area contributed by atoms with Gasteiger partial charge < -0.3 is 0 Å². The lowest BCUT2D eigenvalue weighted by Crippen LogP contribution is -2.49. The molecule has 0 saturated carbocycles. The normalized spacial score (nSPS) is 23.8. The van der Waals surface area contributed by atoms with Crippen LogP contribution in [0.3, 0.4) is 0 Å². The number of amides is 1. The summed E-state index contributed by atoms with van der Waals surface area (Å²) in [6, 6.07) is 2.73. The highest BCUT2D eigenvalue weighted by atomic mass is 32.1. The highest BCUT2D eigenvalue weighted by Crippen LogP contribution is 2.26. The van der Waals surface area contributed by atoms with E-state index < -0.39 is 0 Å². The highest BCUT2D eigenvalue weighted by molar-refractivity contribution is 7.14. The molecule has 1 unspecified atom stereocenters. The fourth-order valence-corrected chi connectivity index (χ4v) is 4.24. The topological polar surface area (TPSA) is 61.6 Å². The highest BCUT2D eigenvalue weighted by Gasteiger charge is 2.30. The van der Waals surface area contributed by atoms with Crippen molar-refractivity contribution in [2.24, 2.45) is 5.84 Å². The number of carbonyl (C=O) groups excluding carboxylic acids is 1. The van der Waals surface area contributed by atoms with Crippen LogP contribution in [0.1, 0.15) is 33.0 Å². The molecule has 1 atom stereocenters. The summed E-state index contributed by atoms with van der Waals surface area (Å²) in [5.74, 6) is 5.01. The first kappa shape index (κ1) is 14.0. The molecule has 0 spiro atoms. The van der Waals surface area contributed by atoms with Crippen molar-refractivity contribution < 1.29 is 4.79 Å². The maximum atomic E-state index is 11.6. The van der Waals surface area contributed by atoms with Crippen molar-refractivity contribution in [1.29, 1.82) is 0 Å². The molecule has 6 heteroatoms. The van der Waals surface area contributed by atoms with Crippen LogP contribution in [0.25, 0.3) is 0 Å². The van der Waals surface area contributed by atoms with E-state index in [0.29, 0.717) is 4.88 Å². The third-order valence-electron chi connectivity index (χ3n) is 4.44. The van der Waals surface area contributed by atoms with Gasteiger partial charge in [0.1, 0.15) is 0 Å². The van der Waals surface area contributed by atoms with Gasteiger partial charge in [0.05, 0.1) is 4.88 Å². The molecule has 0 aliphatic carbocycles. The number of nitrogens with one attached hydrogen (secondary N) is 1. The molecule has 1 amide bonds. The van der Waals surface area contributed by atoms with Crippen LogP contribution in [0.5, 0.6) is 0 Å². The van der Waals surface area contributed by atoms with Gasteiger partial charge in [-0.1, -0.05) is 0 Å². The zero-order valence-electron chi connectivity index (χ0n) is 11.9. The standard InChI is InChI=1S/C14H22N4OS/c1-10-11(7-13(20-10)14(19)16-15)8-17-5-6-18-4-2-3-12(18)9-17/h7,12H,2-6,8-9,15H2,1H3,(H,16,19). The number of hydrazine groups is 1. The number of rotatable bonds is 3. The number of piperazine rings is 1. The molecule has 5 nitrogen and oxygen atoms in total.